The number of aromatic nitrogens is 4. The lowest BCUT2D eigenvalue weighted by Crippen LogP contribution is -2.17. The van der Waals surface area contributed by atoms with Crippen molar-refractivity contribution < 1.29 is 4.74 Å². The smallest absolute Gasteiger partial charge is 0.179 e. The third-order valence-corrected chi connectivity index (χ3v) is 6.10. The fraction of sp³-hybridized carbons (Fsp3) is 0.250. The van der Waals surface area contributed by atoms with Crippen LogP contribution in [-0.2, 0) is 11.3 Å². The van der Waals surface area contributed by atoms with Crippen LogP contribution in [0.1, 0.15) is 24.2 Å². The van der Waals surface area contributed by atoms with Crippen molar-refractivity contribution in [3.05, 3.63) is 35.7 Å². The van der Waals surface area contributed by atoms with Crippen molar-refractivity contribution in [1.29, 1.82) is 10.5 Å². The van der Waals surface area contributed by atoms with Crippen molar-refractivity contribution in [2.24, 2.45) is 0 Å². The molecule has 2 N–H and O–H groups in total. The van der Waals surface area contributed by atoms with E-state index in [2.05, 4.69) is 9.97 Å². The van der Waals surface area contributed by atoms with E-state index in [0.717, 1.165) is 29.7 Å². The molecule has 0 spiro atoms. The highest BCUT2D eigenvalue weighted by Crippen LogP contribution is 2.40. The molecule has 142 valence electrons. The lowest BCUT2D eigenvalue weighted by atomic mass is 10.2. The van der Waals surface area contributed by atoms with Gasteiger partial charge in [0.05, 0.1) is 28.4 Å². The Labute approximate surface area is 169 Å². The lowest BCUT2D eigenvalue weighted by Gasteiger charge is -2.13. The maximum atomic E-state index is 9.42. The molecule has 1 aliphatic rings. The Morgan fingerprint density at radius 2 is 1.97 bits per heavy atom. The first-order chi connectivity index (χ1) is 14.2. The van der Waals surface area contributed by atoms with Crippen LogP contribution in [0, 0.1) is 22.7 Å². The Morgan fingerprint density at radius 3 is 2.69 bits per heavy atom. The van der Waals surface area contributed by atoms with Gasteiger partial charge in [0.25, 0.3) is 0 Å². The summed E-state index contributed by atoms with van der Waals surface area (Å²) in [5, 5.41) is 19.5. The van der Waals surface area contributed by atoms with E-state index in [1.807, 2.05) is 41.0 Å². The number of nitrogens with zero attached hydrogens (tertiary/aromatic N) is 6. The van der Waals surface area contributed by atoms with E-state index in [4.69, 9.17) is 15.5 Å². The second kappa shape index (κ2) is 6.82. The number of anilines is 1. The Morgan fingerprint density at radius 1 is 1.17 bits per heavy atom. The van der Waals surface area contributed by atoms with Gasteiger partial charge in [-0.05, 0) is 25.0 Å². The molecular weight excluding hydrogens is 386 g/mol. The monoisotopic (exact) mass is 401 g/mol. The third kappa shape index (κ3) is 2.80. The first kappa shape index (κ1) is 17.6. The second-order valence-corrected chi connectivity index (χ2v) is 7.84. The second-order valence-electron chi connectivity index (χ2n) is 6.81. The molecule has 0 aliphatic carbocycles. The number of fused-ring (bicyclic) bond motifs is 2. The van der Waals surface area contributed by atoms with E-state index >= 15 is 0 Å². The highest BCUT2D eigenvalue weighted by Gasteiger charge is 2.26. The molecule has 0 radical (unpaired) electrons. The van der Waals surface area contributed by atoms with E-state index in [1.165, 1.54) is 11.3 Å². The Kier molecular flexibility index (Phi) is 4.13. The van der Waals surface area contributed by atoms with Gasteiger partial charge in [0.1, 0.15) is 28.5 Å². The topological polar surface area (TPSA) is 126 Å². The van der Waals surface area contributed by atoms with Crippen LogP contribution in [0.2, 0.25) is 0 Å². The van der Waals surface area contributed by atoms with Crippen LogP contribution in [0.15, 0.2) is 24.3 Å². The first-order valence-electron chi connectivity index (χ1n) is 9.17. The van der Waals surface area contributed by atoms with Crippen LogP contribution in [0.3, 0.4) is 0 Å². The molecule has 1 fully saturated rings. The molecule has 8 nitrogen and oxygen atoms in total. The van der Waals surface area contributed by atoms with Crippen LogP contribution in [0.25, 0.3) is 32.0 Å². The molecule has 1 aromatic carbocycles. The molecule has 1 aliphatic heterocycles. The highest BCUT2D eigenvalue weighted by molar-refractivity contribution is 7.21. The zero-order valence-corrected chi connectivity index (χ0v) is 16.1. The molecule has 4 aromatic rings. The van der Waals surface area contributed by atoms with Crippen molar-refractivity contribution in [3.63, 3.8) is 0 Å². The fourth-order valence-electron chi connectivity index (χ4n) is 3.68. The van der Waals surface area contributed by atoms with Gasteiger partial charge >= 0.3 is 0 Å². The number of para-hydroxylation sites is 1. The summed E-state index contributed by atoms with van der Waals surface area (Å²) in [6.45, 7) is 1.24. The van der Waals surface area contributed by atoms with Gasteiger partial charge in [-0.15, -0.1) is 11.3 Å². The normalized spacial score (nSPS) is 16.3. The molecule has 0 saturated carbocycles. The van der Waals surface area contributed by atoms with E-state index < -0.39 is 0 Å². The van der Waals surface area contributed by atoms with E-state index in [1.54, 1.807) is 0 Å². The quantitative estimate of drug-likeness (QED) is 0.558. The Bertz CT molecular complexity index is 1300. The number of thiazole rings is 1. The maximum Gasteiger partial charge on any atom is 0.179 e. The highest BCUT2D eigenvalue weighted by atomic mass is 32.1. The standard InChI is InChI=1S/C20H15N7OS/c21-8-13-14(9-22)25-19-17(24-13)16(18(23)27(19)10-11-4-3-7-28-11)20-26-12-5-1-2-6-15(12)29-20/h1-2,5-6,11H,3-4,7,10,23H2/t11-/m0/s1. The average molecular weight is 401 g/mol. The van der Waals surface area contributed by atoms with Gasteiger partial charge in [-0.2, -0.15) is 10.5 Å². The molecule has 1 atom stereocenters. The summed E-state index contributed by atoms with van der Waals surface area (Å²) < 4.78 is 8.64. The maximum absolute atomic E-state index is 9.42. The molecule has 0 unspecified atom stereocenters. The summed E-state index contributed by atoms with van der Waals surface area (Å²) in [4.78, 5) is 13.6. The molecule has 29 heavy (non-hydrogen) atoms. The van der Waals surface area contributed by atoms with Crippen molar-refractivity contribution in [1.82, 2.24) is 19.5 Å². The fourth-order valence-corrected chi connectivity index (χ4v) is 4.70. The predicted molar refractivity (Wildman–Crippen MR) is 109 cm³/mol. The molecule has 0 amide bonds. The van der Waals surface area contributed by atoms with Gasteiger partial charge in [0, 0.05) is 6.61 Å². The van der Waals surface area contributed by atoms with Crippen LogP contribution in [0.5, 0.6) is 0 Å². The third-order valence-electron chi connectivity index (χ3n) is 5.05. The van der Waals surface area contributed by atoms with E-state index in [9.17, 15) is 10.5 Å². The summed E-state index contributed by atoms with van der Waals surface area (Å²) in [6, 6.07) is 11.7. The van der Waals surface area contributed by atoms with Gasteiger partial charge in [0.15, 0.2) is 17.0 Å². The zero-order valence-electron chi connectivity index (χ0n) is 15.3. The minimum atomic E-state index is -0.0170. The molecule has 5 rings (SSSR count). The molecule has 3 aromatic heterocycles. The van der Waals surface area contributed by atoms with Crippen molar-refractivity contribution in [2.45, 2.75) is 25.5 Å². The SMILES string of the molecule is N#Cc1nc2c(-c3nc4ccccc4s3)c(N)n(C[C@@H]3CCCO3)c2nc1C#N. The number of nitrogens with two attached hydrogens (primary N) is 1. The summed E-state index contributed by atoms with van der Waals surface area (Å²) in [5.74, 6) is 0.466. The Hall–Kier alpha value is -3.53. The minimum absolute atomic E-state index is 0.0121. The number of nitriles is 2. The van der Waals surface area contributed by atoms with Gasteiger partial charge in [0.2, 0.25) is 0 Å². The number of rotatable bonds is 3. The molecule has 0 bridgehead atoms. The Balaban J connectivity index is 1.78. The van der Waals surface area contributed by atoms with Crippen LogP contribution in [-0.4, -0.2) is 32.2 Å². The zero-order chi connectivity index (χ0) is 20.0. The van der Waals surface area contributed by atoms with Crippen molar-refractivity contribution in [2.75, 3.05) is 12.3 Å². The summed E-state index contributed by atoms with van der Waals surface area (Å²) in [7, 11) is 0. The average Bonchev–Trinajstić information content (AvgIpc) is 3.45. The first-order valence-corrected chi connectivity index (χ1v) is 9.98. The predicted octanol–water partition coefficient (Wildman–Crippen LogP) is 3.21. The number of benzene rings is 1. The van der Waals surface area contributed by atoms with Gasteiger partial charge in [-0.3, -0.25) is 0 Å². The van der Waals surface area contributed by atoms with E-state index in [0.29, 0.717) is 34.1 Å². The summed E-state index contributed by atoms with van der Waals surface area (Å²) >= 11 is 1.51. The molecule has 9 heteroatoms. The number of hydrogen-bond donors (Lipinski definition) is 1. The van der Waals surface area contributed by atoms with Crippen LogP contribution in [0.4, 0.5) is 5.82 Å². The van der Waals surface area contributed by atoms with Crippen LogP contribution >= 0.6 is 11.3 Å². The van der Waals surface area contributed by atoms with Crippen molar-refractivity contribution in [3.8, 4) is 22.7 Å². The molecule has 1 saturated heterocycles. The lowest BCUT2D eigenvalue weighted by molar-refractivity contribution is 0.0983. The summed E-state index contributed by atoms with van der Waals surface area (Å²) in [5.41, 5.74) is 9.00. The van der Waals surface area contributed by atoms with Crippen LogP contribution < -0.4 is 5.73 Å². The number of nitrogen functional groups attached to an aromatic ring is 1. The molecular formula is C20H15N7OS. The largest absolute Gasteiger partial charge is 0.384 e. The van der Waals surface area contributed by atoms with Gasteiger partial charge < -0.3 is 15.0 Å². The minimum Gasteiger partial charge on any atom is -0.384 e. The number of ether oxygens (including phenoxy) is 1. The van der Waals surface area contributed by atoms with Gasteiger partial charge in [-0.1, -0.05) is 12.1 Å². The van der Waals surface area contributed by atoms with Gasteiger partial charge in [-0.25, -0.2) is 15.0 Å². The van der Waals surface area contributed by atoms with Crippen molar-refractivity contribution >= 4 is 38.5 Å². The summed E-state index contributed by atoms with van der Waals surface area (Å²) in [6.07, 6.45) is 1.96. The molecule has 4 heterocycles. The number of hydrogen-bond acceptors (Lipinski definition) is 8. The van der Waals surface area contributed by atoms with E-state index in [-0.39, 0.29) is 17.5 Å².